The number of rotatable bonds is 10. The maximum Gasteiger partial charge on any atom is 0.253 e. The van der Waals surface area contributed by atoms with Crippen LogP contribution in [0.1, 0.15) is 52.7 Å². The molecule has 9 heteroatoms. The van der Waals surface area contributed by atoms with E-state index in [4.69, 9.17) is 9.47 Å². The topological polar surface area (TPSA) is 117 Å². The molecule has 0 spiro atoms. The first-order valence-corrected chi connectivity index (χ1v) is 11.5. The van der Waals surface area contributed by atoms with Crippen LogP contribution in [0, 0.1) is 0 Å². The molecule has 0 aromatic carbocycles. The Labute approximate surface area is 191 Å². The second kappa shape index (κ2) is 17.1. The number of aromatic nitrogens is 4. The number of allylic oxidation sites excluding steroid dienone is 2. The van der Waals surface area contributed by atoms with Crippen LogP contribution in [0.5, 0.6) is 0 Å². The van der Waals surface area contributed by atoms with Crippen molar-refractivity contribution >= 4 is 11.6 Å². The molecule has 0 bridgehead atoms. The maximum atomic E-state index is 12.2. The predicted octanol–water partition coefficient (Wildman–Crippen LogP) is 3.69. The lowest BCUT2D eigenvalue weighted by molar-refractivity contribution is -0.124. The Hall–Kier alpha value is -2.49. The van der Waals surface area contributed by atoms with Crippen LogP contribution in [0.25, 0.3) is 11.5 Å². The molecule has 4 N–H and O–H groups in total. The van der Waals surface area contributed by atoms with Gasteiger partial charge in [0, 0.05) is 31.6 Å². The minimum Gasteiger partial charge on any atom is -0.380 e. The van der Waals surface area contributed by atoms with Gasteiger partial charge in [0.15, 0.2) is 5.82 Å². The molecule has 1 unspecified atom stereocenters. The number of amides is 1. The number of ether oxygens (including phenoxy) is 2. The zero-order chi connectivity index (χ0) is 23.6. The van der Waals surface area contributed by atoms with Crippen molar-refractivity contribution in [1.29, 1.82) is 0 Å². The van der Waals surface area contributed by atoms with Crippen LogP contribution in [0.15, 0.2) is 24.5 Å². The van der Waals surface area contributed by atoms with Crippen LogP contribution in [0.2, 0.25) is 0 Å². The van der Waals surface area contributed by atoms with Crippen molar-refractivity contribution in [3.05, 3.63) is 30.2 Å². The number of imidazole rings is 1. The molecule has 1 amide bonds. The average Bonchev–Trinajstić information content (AvgIpc) is 3.58. The van der Waals surface area contributed by atoms with E-state index in [1.165, 1.54) is 0 Å². The van der Waals surface area contributed by atoms with Crippen molar-refractivity contribution in [3.63, 3.8) is 0 Å². The molecule has 2 aromatic rings. The van der Waals surface area contributed by atoms with E-state index in [0.717, 1.165) is 51.1 Å². The fourth-order valence-electron chi connectivity index (χ4n) is 2.90. The summed E-state index contributed by atoms with van der Waals surface area (Å²) < 4.78 is 10.4. The van der Waals surface area contributed by atoms with Gasteiger partial charge in [-0.1, -0.05) is 26.0 Å². The smallest absolute Gasteiger partial charge is 0.253 e. The molecular formula is C23H40N6O3. The van der Waals surface area contributed by atoms with Gasteiger partial charge in [-0.05, 0) is 46.6 Å². The summed E-state index contributed by atoms with van der Waals surface area (Å²) in [6.45, 7) is 11.2. The predicted molar refractivity (Wildman–Crippen MR) is 129 cm³/mol. The highest BCUT2D eigenvalue weighted by atomic mass is 16.5. The van der Waals surface area contributed by atoms with Gasteiger partial charge < -0.3 is 25.1 Å². The minimum absolute atomic E-state index is 0.134. The third kappa shape index (κ3) is 9.76. The Balaban J connectivity index is 0.000000488. The first-order chi connectivity index (χ1) is 15.7. The third-order valence-corrected chi connectivity index (χ3v) is 4.50. The van der Waals surface area contributed by atoms with E-state index in [9.17, 15) is 4.79 Å². The molecule has 3 heterocycles. The van der Waals surface area contributed by atoms with Crippen molar-refractivity contribution in [3.8, 4) is 11.5 Å². The van der Waals surface area contributed by atoms with Crippen LogP contribution in [-0.4, -0.2) is 65.6 Å². The van der Waals surface area contributed by atoms with Gasteiger partial charge in [0.05, 0.1) is 18.5 Å². The summed E-state index contributed by atoms with van der Waals surface area (Å²) in [5.41, 5.74) is 2.33. The lowest BCUT2D eigenvalue weighted by atomic mass is 10.2. The van der Waals surface area contributed by atoms with Gasteiger partial charge in [0.25, 0.3) is 5.91 Å². The van der Waals surface area contributed by atoms with Gasteiger partial charge in [0.2, 0.25) is 0 Å². The molecule has 9 nitrogen and oxygen atoms in total. The fourth-order valence-corrected chi connectivity index (χ4v) is 2.90. The Kier molecular flexibility index (Phi) is 14.7. The molecule has 1 aliphatic heterocycles. The molecule has 0 aliphatic carbocycles. The zero-order valence-corrected chi connectivity index (χ0v) is 20.2. The molecular weight excluding hydrogens is 408 g/mol. The van der Waals surface area contributed by atoms with Gasteiger partial charge >= 0.3 is 0 Å². The van der Waals surface area contributed by atoms with Crippen molar-refractivity contribution in [2.75, 3.05) is 38.7 Å². The van der Waals surface area contributed by atoms with E-state index in [1.807, 2.05) is 47.0 Å². The van der Waals surface area contributed by atoms with Crippen LogP contribution >= 0.6 is 0 Å². The van der Waals surface area contributed by atoms with Gasteiger partial charge in [-0.25, -0.2) is 4.98 Å². The summed E-state index contributed by atoms with van der Waals surface area (Å²) in [5, 5.41) is 12.7. The molecule has 1 fully saturated rings. The summed E-state index contributed by atoms with van der Waals surface area (Å²) >= 11 is 0. The van der Waals surface area contributed by atoms with Gasteiger partial charge in [-0.2, -0.15) is 5.10 Å². The second-order valence-corrected chi connectivity index (χ2v) is 6.81. The normalized spacial score (nSPS) is 15.1. The second-order valence-electron chi connectivity index (χ2n) is 6.81. The monoisotopic (exact) mass is 448 g/mol. The number of aromatic amines is 2. The van der Waals surface area contributed by atoms with Crippen LogP contribution < -0.4 is 10.6 Å². The number of carbonyl (C=O) groups excluding carboxylic acids is 1. The first-order valence-electron chi connectivity index (χ1n) is 11.5. The molecule has 180 valence electrons. The number of H-pyrrole nitrogens is 2. The van der Waals surface area contributed by atoms with Gasteiger partial charge in [0.1, 0.15) is 11.8 Å². The van der Waals surface area contributed by atoms with Crippen molar-refractivity contribution in [2.45, 2.75) is 59.5 Å². The highest BCUT2D eigenvalue weighted by molar-refractivity contribution is 5.96. The third-order valence-electron chi connectivity index (χ3n) is 4.50. The first kappa shape index (κ1) is 27.5. The van der Waals surface area contributed by atoms with E-state index < -0.39 is 0 Å². The number of hydrogen-bond acceptors (Lipinski definition) is 6. The van der Waals surface area contributed by atoms with Crippen molar-refractivity contribution in [2.24, 2.45) is 0 Å². The lowest BCUT2D eigenvalue weighted by Gasteiger charge is -2.09. The molecule has 3 rings (SSSR count). The van der Waals surface area contributed by atoms with Gasteiger partial charge in [-0.15, -0.1) is 0 Å². The number of nitrogens with one attached hydrogen (secondary N) is 4. The lowest BCUT2D eigenvalue weighted by Crippen LogP contribution is -2.26. The number of likely N-dealkylation sites (N-methyl/N-ethyl adjacent to an activating group) is 1. The highest BCUT2D eigenvalue weighted by Gasteiger charge is 2.25. The summed E-state index contributed by atoms with van der Waals surface area (Å²) in [7, 11) is 1.92. The van der Waals surface area contributed by atoms with Gasteiger partial charge in [-0.3, -0.25) is 9.89 Å². The van der Waals surface area contributed by atoms with Crippen LogP contribution in [-0.2, 0) is 20.7 Å². The summed E-state index contributed by atoms with van der Waals surface area (Å²) in [6, 6.07) is 0. The zero-order valence-electron chi connectivity index (χ0n) is 20.2. The molecule has 1 saturated heterocycles. The Morgan fingerprint density at radius 2 is 2.19 bits per heavy atom. The highest BCUT2D eigenvalue weighted by Crippen LogP contribution is 2.24. The Morgan fingerprint density at radius 1 is 1.38 bits per heavy atom. The molecule has 2 aromatic heterocycles. The number of carbonyl (C=O) groups is 1. The minimum atomic E-state index is -0.370. The Bertz CT molecular complexity index is 761. The molecule has 1 aliphatic rings. The summed E-state index contributed by atoms with van der Waals surface area (Å²) in [5.74, 6) is 0.533. The van der Waals surface area contributed by atoms with E-state index >= 15 is 0 Å². The molecule has 32 heavy (non-hydrogen) atoms. The van der Waals surface area contributed by atoms with E-state index in [1.54, 1.807) is 6.20 Å². The number of anilines is 1. The largest absolute Gasteiger partial charge is 0.380 e. The molecule has 0 saturated carbocycles. The SMILES string of the molecule is C/C=C\CCc1cnc(-c2[nH]ncc2NC(=O)C2CCCO2)[nH]1.CC.CCOCCNC. The van der Waals surface area contributed by atoms with Crippen LogP contribution in [0.4, 0.5) is 5.69 Å². The van der Waals surface area contributed by atoms with E-state index in [2.05, 4.69) is 36.9 Å². The summed E-state index contributed by atoms with van der Waals surface area (Å²) in [6.07, 6.45) is 10.7. The van der Waals surface area contributed by atoms with Crippen LogP contribution in [0.3, 0.4) is 0 Å². The standard InChI is InChI=1S/C16H21N5O2.C5H13NO.C2H6/c1-2-3-4-6-11-9-17-15(19-11)14-12(10-18-21-14)20-16(22)13-7-5-8-23-13;1-3-7-5-4-6-2;1-2/h2-3,9-10,13H,4-8H2,1H3,(H,17,19)(H,18,21)(H,20,22);6H,3-5H2,1-2H3;1-2H3/b3-2-;;. The maximum absolute atomic E-state index is 12.2. The number of nitrogens with zero attached hydrogens (tertiary/aromatic N) is 2. The number of aryl methyl sites for hydroxylation is 1. The molecule has 0 radical (unpaired) electrons. The summed E-state index contributed by atoms with van der Waals surface area (Å²) in [4.78, 5) is 19.8. The van der Waals surface area contributed by atoms with E-state index in [0.29, 0.717) is 23.8 Å². The molecule has 1 atom stereocenters. The quantitative estimate of drug-likeness (QED) is 0.325. The van der Waals surface area contributed by atoms with E-state index in [-0.39, 0.29) is 12.0 Å². The fraction of sp³-hybridized carbons (Fsp3) is 0.609. The number of hydrogen-bond donors (Lipinski definition) is 4. The van der Waals surface area contributed by atoms with Crippen molar-refractivity contribution < 1.29 is 14.3 Å². The Morgan fingerprint density at radius 3 is 2.84 bits per heavy atom. The average molecular weight is 449 g/mol. The van der Waals surface area contributed by atoms with Crippen molar-refractivity contribution in [1.82, 2.24) is 25.5 Å².